The quantitative estimate of drug-likeness (QED) is 0.743. The lowest BCUT2D eigenvalue weighted by Crippen LogP contribution is -2.05. The highest BCUT2D eigenvalue weighted by Gasteiger charge is 2.17. The SMILES string of the molecule is Cc1ccc(S(=O)(=O)Cc2cccc3cccnc23)cc1. The van der Waals surface area contributed by atoms with Gasteiger partial charge in [-0.3, -0.25) is 4.98 Å². The topological polar surface area (TPSA) is 47.0 Å². The van der Waals surface area contributed by atoms with Crippen molar-refractivity contribution in [2.75, 3.05) is 0 Å². The van der Waals surface area contributed by atoms with E-state index in [-0.39, 0.29) is 5.75 Å². The van der Waals surface area contributed by atoms with Gasteiger partial charge in [0.25, 0.3) is 0 Å². The summed E-state index contributed by atoms with van der Waals surface area (Å²) in [7, 11) is -3.36. The van der Waals surface area contributed by atoms with Crippen molar-refractivity contribution in [3.63, 3.8) is 0 Å². The summed E-state index contributed by atoms with van der Waals surface area (Å²) in [5.41, 5.74) is 2.52. The zero-order valence-corrected chi connectivity index (χ0v) is 12.5. The molecule has 2 aromatic carbocycles. The molecular formula is C17H15NO2S. The fourth-order valence-electron chi connectivity index (χ4n) is 2.32. The van der Waals surface area contributed by atoms with Crippen LogP contribution >= 0.6 is 0 Å². The second-order valence-corrected chi connectivity index (χ2v) is 7.05. The molecule has 0 unspecified atom stereocenters. The van der Waals surface area contributed by atoms with Crippen LogP contribution in [0.5, 0.6) is 0 Å². The predicted molar refractivity (Wildman–Crippen MR) is 83.8 cm³/mol. The summed E-state index contributed by atoms with van der Waals surface area (Å²) < 4.78 is 25.1. The molecule has 0 radical (unpaired) electrons. The number of pyridine rings is 1. The van der Waals surface area contributed by atoms with Gasteiger partial charge in [-0.2, -0.15) is 0 Å². The number of benzene rings is 2. The Morgan fingerprint density at radius 2 is 1.67 bits per heavy atom. The molecule has 4 heteroatoms. The Kier molecular flexibility index (Phi) is 3.47. The van der Waals surface area contributed by atoms with Crippen LogP contribution in [0.2, 0.25) is 0 Å². The van der Waals surface area contributed by atoms with Crippen LogP contribution in [0.25, 0.3) is 10.9 Å². The molecule has 0 aliphatic heterocycles. The van der Waals surface area contributed by atoms with E-state index < -0.39 is 9.84 Å². The van der Waals surface area contributed by atoms with Crippen LogP contribution in [0.3, 0.4) is 0 Å². The first-order valence-corrected chi connectivity index (χ1v) is 8.33. The normalized spacial score (nSPS) is 11.7. The highest BCUT2D eigenvalue weighted by Crippen LogP contribution is 2.22. The first-order valence-electron chi connectivity index (χ1n) is 6.68. The summed E-state index contributed by atoms with van der Waals surface area (Å²) in [6, 6.07) is 16.3. The molecular weight excluding hydrogens is 282 g/mol. The standard InChI is InChI=1S/C17H15NO2S/c1-13-7-9-16(10-8-13)21(19,20)12-15-5-2-4-14-6-3-11-18-17(14)15/h2-11H,12H2,1H3. The fraction of sp³-hybridized carbons (Fsp3) is 0.118. The average Bonchev–Trinajstić information content (AvgIpc) is 2.48. The third kappa shape index (κ3) is 2.81. The zero-order chi connectivity index (χ0) is 14.9. The molecule has 0 saturated carbocycles. The van der Waals surface area contributed by atoms with Crippen molar-refractivity contribution < 1.29 is 8.42 Å². The molecule has 0 aliphatic rings. The minimum Gasteiger partial charge on any atom is -0.256 e. The summed E-state index contributed by atoms with van der Waals surface area (Å²) in [6.45, 7) is 1.94. The van der Waals surface area contributed by atoms with Gasteiger partial charge in [-0.1, -0.05) is 42.0 Å². The van der Waals surface area contributed by atoms with Crippen LogP contribution < -0.4 is 0 Å². The van der Waals surface area contributed by atoms with Crippen LogP contribution in [-0.4, -0.2) is 13.4 Å². The molecule has 0 fully saturated rings. The largest absolute Gasteiger partial charge is 0.256 e. The van der Waals surface area contributed by atoms with Crippen molar-refractivity contribution in [1.82, 2.24) is 4.98 Å². The monoisotopic (exact) mass is 297 g/mol. The van der Waals surface area contributed by atoms with E-state index in [1.807, 2.05) is 49.4 Å². The van der Waals surface area contributed by atoms with Crippen LogP contribution in [-0.2, 0) is 15.6 Å². The summed E-state index contributed by atoms with van der Waals surface area (Å²) in [4.78, 5) is 4.66. The number of para-hydroxylation sites is 1. The summed E-state index contributed by atoms with van der Waals surface area (Å²) >= 11 is 0. The Morgan fingerprint density at radius 1 is 0.952 bits per heavy atom. The number of nitrogens with zero attached hydrogens (tertiary/aromatic N) is 1. The van der Waals surface area contributed by atoms with Gasteiger partial charge in [-0.15, -0.1) is 0 Å². The number of hydrogen-bond acceptors (Lipinski definition) is 3. The van der Waals surface area contributed by atoms with E-state index in [2.05, 4.69) is 4.98 Å². The van der Waals surface area contributed by atoms with Crippen molar-refractivity contribution in [1.29, 1.82) is 0 Å². The van der Waals surface area contributed by atoms with Gasteiger partial charge in [-0.05, 0) is 30.7 Å². The number of rotatable bonds is 3. The van der Waals surface area contributed by atoms with E-state index in [0.29, 0.717) is 4.90 Å². The van der Waals surface area contributed by atoms with Crippen molar-refractivity contribution in [3.05, 3.63) is 71.9 Å². The van der Waals surface area contributed by atoms with Crippen molar-refractivity contribution in [3.8, 4) is 0 Å². The molecule has 0 bridgehead atoms. The number of hydrogen-bond donors (Lipinski definition) is 0. The molecule has 1 heterocycles. The minimum atomic E-state index is -3.36. The zero-order valence-electron chi connectivity index (χ0n) is 11.7. The molecule has 0 saturated heterocycles. The van der Waals surface area contributed by atoms with Crippen LogP contribution in [0, 0.1) is 6.92 Å². The average molecular weight is 297 g/mol. The third-order valence-electron chi connectivity index (χ3n) is 3.44. The second-order valence-electron chi connectivity index (χ2n) is 5.06. The molecule has 3 aromatic rings. The fourth-order valence-corrected chi connectivity index (χ4v) is 3.68. The molecule has 3 rings (SSSR count). The molecule has 0 atom stereocenters. The Bertz CT molecular complexity index is 879. The third-order valence-corrected chi connectivity index (χ3v) is 5.12. The maximum atomic E-state index is 12.5. The summed E-state index contributed by atoms with van der Waals surface area (Å²) in [5, 5.41) is 0.953. The number of fused-ring (bicyclic) bond motifs is 1. The summed E-state index contributed by atoms with van der Waals surface area (Å²) in [5.74, 6) is -0.0373. The maximum absolute atomic E-state index is 12.5. The first kappa shape index (κ1) is 13.8. The van der Waals surface area contributed by atoms with Gasteiger partial charge in [0.2, 0.25) is 0 Å². The van der Waals surface area contributed by atoms with E-state index in [1.165, 1.54) is 0 Å². The van der Waals surface area contributed by atoms with Gasteiger partial charge in [0.05, 0.1) is 16.2 Å². The smallest absolute Gasteiger partial charge is 0.182 e. The van der Waals surface area contributed by atoms with Crippen LogP contribution in [0.1, 0.15) is 11.1 Å². The van der Waals surface area contributed by atoms with Crippen molar-refractivity contribution in [2.45, 2.75) is 17.6 Å². The molecule has 0 aliphatic carbocycles. The first-order chi connectivity index (χ1) is 10.1. The Hall–Kier alpha value is -2.20. The Balaban J connectivity index is 2.03. The van der Waals surface area contributed by atoms with Crippen molar-refractivity contribution >= 4 is 20.7 Å². The van der Waals surface area contributed by atoms with Crippen molar-refractivity contribution in [2.24, 2.45) is 0 Å². The Labute approximate surface area is 124 Å². The lowest BCUT2D eigenvalue weighted by molar-refractivity contribution is 0.595. The Morgan fingerprint density at radius 3 is 2.43 bits per heavy atom. The van der Waals surface area contributed by atoms with Gasteiger partial charge < -0.3 is 0 Å². The lowest BCUT2D eigenvalue weighted by atomic mass is 10.1. The molecule has 0 amide bonds. The van der Waals surface area contributed by atoms with Crippen LogP contribution in [0.4, 0.5) is 0 Å². The lowest BCUT2D eigenvalue weighted by Gasteiger charge is -2.07. The highest BCUT2D eigenvalue weighted by atomic mass is 32.2. The minimum absolute atomic E-state index is 0.0373. The van der Waals surface area contributed by atoms with E-state index in [0.717, 1.165) is 22.0 Å². The van der Waals surface area contributed by atoms with E-state index >= 15 is 0 Å². The number of aryl methyl sites for hydroxylation is 1. The van der Waals surface area contributed by atoms with Gasteiger partial charge in [-0.25, -0.2) is 8.42 Å². The molecule has 0 N–H and O–H groups in total. The second kappa shape index (κ2) is 5.30. The predicted octanol–water partition coefficient (Wildman–Crippen LogP) is 3.52. The molecule has 3 nitrogen and oxygen atoms in total. The molecule has 21 heavy (non-hydrogen) atoms. The van der Waals surface area contributed by atoms with Gasteiger partial charge in [0.1, 0.15) is 0 Å². The number of aromatic nitrogens is 1. The summed E-state index contributed by atoms with van der Waals surface area (Å²) in [6.07, 6.45) is 1.68. The number of sulfone groups is 1. The van der Waals surface area contributed by atoms with Gasteiger partial charge >= 0.3 is 0 Å². The van der Waals surface area contributed by atoms with Crippen LogP contribution in [0.15, 0.2) is 65.7 Å². The van der Waals surface area contributed by atoms with E-state index in [1.54, 1.807) is 18.3 Å². The van der Waals surface area contributed by atoms with Gasteiger partial charge in [0, 0.05) is 11.6 Å². The molecule has 106 valence electrons. The van der Waals surface area contributed by atoms with Gasteiger partial charge in [0.15, 0.2) is 9.84 Å². The molecule has 0 spiro atoms. The molecule has 1 aromatic heterocycles. The maximum Gasteiger partial charge on any atom is 0.182 e. The van der Waals surface area contributed by atoms with E-state index in [4.69, 9.17) is 0 Å². The van der Waals surface area contributed by atoms with E-state index in [9.17, 15) is 8.42 Å². The highest BCUT2D eigenvalue weighted by molar-refractivity contribution is 7.90.